The molecule has 1 saturated heterocycles. The number of carbonyl (C=O) groups excluding carboxylic acids is 4. The van der Waals surface area contributed by atoms with Crippen LogP contribution in [0, 0.1) is 0 Å². The van der Waals surface area contributed by atoms with E-state index in [1.54, 1.807) is 30.3 Å². The maximum atomic E-state index is 12.5. The first kappa shape index (κ1) is 16.9. The van der Waals surface area contributed by atoms with Gasteiger partial charge in [-0.3, -0.25) is 19.7 Å². The van der Waals surface area contributed by atoms with Crippen LogP contribution in [0.5, 0.6) is 0 Å². The van der Waals surface area contributed by atoms with Gasteiger partial charge in [-0.15, -0.1) is 0 Å². The van der Waals surface area contributed by atoms with Crippen molar-refractivity contribution in [2.45, 2.75) is 31.3 Å². The van der Waals surface area contributed by atoms with Gasteiger partial charge in [0.25, 0.3) is 0 Å². The van der Waals surface area contributed by atoms with E-state index in [1.807, 2.05) is 0 Å². The summed E-state index contributed by atoms with van der Waals surface area (Å²) in [6.45, 7) is 0. The van der Waals surface area contributed by atoms with E-state index in [1.165, 1.54) is 18.1 Å². The molecule has 1 aromatic rings. The molecule has 0 aromatic heterocycles. The summed E-state index contributed by atoms with van der Waals surface area (Å²) in [4.78, 5) is 48.7. The summed E-state index contributed by atoms with van der Waals surface area (Å²) in [5, 5.41) is 2.24. The molecular weight excluding hydrogens is 324 g/mol. The van der Waals surface area contributed by atoms with Gasteiger partial charge in [0.05, 0.1) is 19.1 Å². The molecule has 2 aliphatic rings. The molecule has 2 fully saturated rings. The van der Waals surface area contributed by atoms with Crippen LogP contribution in [-0.4, -0.2) is 47.8 Å². The minimum absolute atomic E-state index is 0.0144. The number of esters is 1. The lowest BCUT2D eigenvalue weighted by Gasteiger charge is -2.25. The number of carbonyl (C=O) groups is 4. The minimum Gasteiger partial charge on any atom is -0.465 e. The van der Waals surface area contributed by atoms with E-state index in [9.17, 15) is 19.2 Å². The van der Waals surface area contributed by atoms with Crippen molar-refractivity contribution in [2.75, 3.05) is 7.11 Å². The first-order valence-electron chi connectivity index (χ1n) is 8.02. The zero-order chi connectivity index (χ0) is 18.0. The van der Waals surface area contributed by atoms with Crippen LogP contribution in [0.25, 0.3) is 6.08 Å². The molecule has 130 valence electrons. The van der Waals surface area contributed by atoms with Crippen molar-refractivity contribution >= 4 is 29.8 Å². The van der Waals surface area contributed by atoms with Gasteiger partial charge in [-0.2, -0.15) is 0 Å². The van der Waals surface area contributed by atoms with E-state index in [0.717, 1.165) is 18.4 Å². The summed E-state index contributed by atoms with van der Waals surface area (Å²) >= 11 is 0. The highest BCUT2D eigenvalue weighted by Gasteiger charge is 2.43. The van der Waals surface area contributed by atoms with Crippen LogP contribution in [-0.2, 0) is 19.1 Å². The molecule has 1 heterocycles. The Bertz CT molecular complexity index is 749. The Labute approximate surface area is 144 Å². The lowest BCUT2D eigenvalue weighted by Crippen LogP contribution is -2.45. The summed E-state index contributed by atoms with van der Waals surface area (Å²) in [5.41, 5.74) is 1.16. The Kier molecular flexibility index (Phi) is 4.65. The van der Waals surface area contributed by atoms with Crippen LogP contribution < -0.4 is 5.32 Å². The summed E-state index contributed by atoms with van der Waals surface area (Å²) in [5.74, 6) is -1.49. The third-order valence-electron chi connectivity index (χ3n) is 4.22. The van der Waals surface area contributed by atoms with Crippen molar-refractivity contribution in [2.24, 2.45) is 0 Å². The van der Waals surface area contributed by atoms with E-state index in [2.05, 4.69) is 10.1 Å². The van der Waals surface area contributed by atoms with E-state index in [0.29, 0.717) is 5.56 Å². The second-order valence-corrected chi connectivity index (χ2v) is 6.06. The van der Waals surface area contributed by atoms with Crippen molar-refractivity contribution in [1.29, 1.82) is 0 Å². The molecular formula is C18H18N2O5. The van der Waals surface area contributed by atoms with Crippen LogP contribution in [0.15, 0.2) is 30.3 Å². The van der Waals surface area contributed by atoms with E-state index >= 15 is 0 Å². The molecule has 0 spiro atoms. The molecule has 1 aliphatic carbocycles. The van der Waals surface area contributed by atoms with Crippen molar-refractivity contribution in [3.05, 3.63) is 41.5 Å². The predicted molar refractivity (Wildman–Crippen MR) is 88.2 cm³/mol. The van der Waals surface area contributed by atoms with E-state index in [4.69, 9.17) is 0 Å². The zero-order valence-electron chi connectivity index (χ0n) is 13.7. The molecule has 1 aromatic carbocycles. The molecule has 25 heavy (non-hydrogen) atoms. The van der Waals surface area contributed by atoms with Gasteiger partial charge in [0.2, 0.25) is 17.7 Å². The fourth-order valence-electron chi connectivity index (χ4n) is 2.81. The summed E-state index contributed by atoms with van der Waals surface area (Å²) in [6, 6.07) is 5.90. The molecule has 7 nitrogen and oxygen atoms in total. The van der Waals surface area contributed by atoms with Crippen molar-refractivity contribution in [3.63, 3.8) is 0 Å². The topological polar surface area (TPSA) is 92.8 Å². The van der Waals surface area contributed by atoms with Gasteiger partial charge in [-0.25, -0.2) is 4.79 Å². The third-order valence-corrected chi connectivity index (χ3v) is 4.22. The SMILES string of the molecule is COC(=O)c1ccc(/C=C\C(=O)N(C2CC2)[C@@H]2CC(=O)NC2=O)cc1. The van der Waals surface area contributed by atoms with Crippen LogP contribution in [0.4, 0.5) is 0 Å². The van der Waals surface area contributed by atoms with Gasteiger partial charge in [-0.1, -0.05) is 12.1 Å². The van der Waals surface area contributed by atoms with Crippen molar-refractivity contribution < 1.29 is 23.9 Å². The molecule has 3 rings (SSSR count). The quantitative estimate of drug-likeness (QED) is 0.487. The highest BCUT2D eigenvalue weighted by molar-refractivity contribution is 6.08. The fraction of sp³-hybridized carbons (Fsp3) is 0.333. The van der Waals surface area contributed by atoms with Gasteiger partial charge in [-0.05, 0) is 36.6 Å². The van der Waals surface area contributed by atoms with Crippen LogP contribution >= 0.6 is 0 Å². The van der Waals surface area contributed by atoms with Gasteiger partial charge < -0.3 is 9.64 Å². The van der Waals surface area contributed by atoms with E-state index in [-0.39, 0.29) is 24.3 Å². The van der Waals surface area contributed by atoms with Crippen LogP contribution in [0.3, 0.4) is 0 Å². The molecule has 3 amide bonds. The average molecular weight is 342 g/mol. The number of rotatable bonds is 5. The Morgan fingerprint density at radius 2 is 1.88 bits per heavy atom. The molecule has 1 atom stereocenters. The molecule has 7 heteroatoms. The zero-order valence-corrected chi connectivity index (χ0v) is 13.7. The molecule has 0 unspecified atom stereocenters. The molecule has 1 aliphatic heterocycles. The molecule has 0 radical (unpaired) electrons. The first-order chi connectivity index (χ1) is 12.0. The number of nitrogens with zero attached hydrogens (tertiary/aromatic N) is 1. The summed E-state index contributed by atoms with van der Waals surface area (Å²) in [7, 11) is 1.31. The Morgan fingerprint density at radius 1 is 1.20 bits per heavy atom. The summed E-state index contributed by atoms with van der Waals surface area (Å²) in [6.07, 6.45) is 4.70. The maximum Gasteiger partial charge on any atom is 0.337 e. The number of nitrogens with one attached hydrogen (secondary N) is 1. The monoisotopic (exact) mass is 342 g/mol. The standard InChI is InChI=1S/C18H18N2O5/c1-25-18(24)12-5-2-11(3-6-12)4-9-16(22)20(13-7-8-13)14-10-15(21)19-17(14)23/h2-6,9,13-14H,7-8,10H2,1H3,(H,19,21,23)/b9-4-/t14-/m1/s1. The number of benzene rings is 1. The third kappa shape index (κ3) is 3.76. The number of hydrogen-bond acceptors (Lipinski definition) is 5. The number of methoxy groups -OCH3 is 1. The highest BCUT2D eigenvalue weighted by Crippen LogP contribution is 2.31. The van der Waals surface area contributed by atoms with Crippen LogP contribution in [0.1, 0.15) is 35.2 Å². The van der Waals surface area contributed by atoms with Gasteiger partial charge in [0.1, 0.15) is 6.04 Å². The number of hydrogen-bond donors (Lipinski definition) is 1. The van der Waals surface area contributed by atoms with Crippen LogP contribution in [0.2, 0.25) is 0 Å². The van der Waals surface area contributed by atoms with E-state index < -0.39 is 17.9 Å². The van der Waals surface area contributed by atoms with Gasteiger partial charge in [0.15, 0.2) is 0 Å². The number of ether oxygens (including phenoxy) is 1. The van der Waals surface area contributed by atoms with Gasteiger partial charge in [0, 0.05) is 12.1 Å². The lowest BCUT2D eigenvalue weighted by molar-refractivity contribution is -0.135. The number of amides is 3. The minimum atomic E-state index is -0.723. The average Bonchev–Trinajstić information content (AvgIpc) is 3.38. The smallest absolute Gasteiger partial charge is 0.337 e. The van der Waals surface area contributed by atoms with Crippen molar-refractivity contribution in [3.8, 4) is 0 Å². The summed E-state index contributed by atoms with van der Waals surface area (Å²) < 4.78 is 4.63. The molecule has 1 N–H and O–H groups in total. The highest BCUT2D eigenvalue weighted by atomic mass is 16.5. The van der Waals surface area contributed by atoms with Gasteiger partial charge >= 0.3 is 5.97 Å². The molecule has 0 bridgehead atoms. The second-order valence-electron chi connectivity index (χ2n) is 6.06. The lowest BCUT2D eigenvalue weighted by atomic mass is 10.1. The molecule has 1 saturated carbocycles. The second kappa shape index (κ2) is 6.88. The fourth-order valence-corrected chi connectivity index (χ4v) is 2.81. The Morgan fingerprint density at radius 3 is 2.40 bits per heavy atom. The largest absolute Gasteiger partial charge is 0.465 e. The van der Waals surface area contributed by atoms with Crippen molar-refractivity contribution in [1.82, 2.24) is 10.2 Å². The Balaban J connectivity index is 1.71. The maximum absolute atomic E-state index is 12.5. The predicted octanol–water partition coefficient (Wildman–Crippen LogP) is 0.892. The first-order valence-corrected chi connectivity index (χ1v) is 8.02. The Hall–Kier alpha value is -2.96. The normalized spacial score (nSPS) is 19.8. The number of imide groups is 1.